The van der Waals surface area contributed by atoms with Gasteiger partial charge in [0, 0.05) is 22.3 Å². The molecule has 2 aromatic rings. The minimum absolute atomic E-state index is 0.179. The topological polar surface area (TPSA) is 46.1 Å². The highest BCUT2D eigenvalue weighted by atomic mass is 32.2. The molecular weight excluding hydrogens is 326 g/mol. The number of rotatable bonds is 5. The average molecular weight is 350 g/mol. The summed E-state index contributed by atoms with van der Waals surface area (Å²) in [5.74, 6) is 0.617. The van der Waals surface area contributed by atoms with Gasteiger partial charge in [0.05, 0.1) is 5.75 Å². The van der Waals surface area contributed by atoms with E-state index in [1.807, 2.05) is 4.90 Å². The molecule has 23 heavy (non-hydrogen) atoms. The van der Waals surface area contributed by atoms with Crippen LogP contribution in [0.4, 0.5) is 0 Å². The van der Waals surface area contributed by atoms with Crippen molar-refractivity contribution in [3.05, 3.63) is 16.8 Å². The Labute approximate surface area is 145 Å². The molecule has 0 bridgehead atoms. The maximum Gasteiger partial charge on any atom is 0.233 e. The molecule has 2 heterocycles. The lowest BCUT2D eigenvalue weighted by atomic mass is 10.2. The van der Waals surface area contributed by atoms with Gasteiger partial charge in [-0.1, -0.05) is 11.8 Å². The summed E-state index contributed by atoms with van der Waals surface area (Å²) in [7, 11) is 0. The summed E-state index contributed by atoms with van der Waals surface area (Å²) in [6.45, 7) is 8.27. The molecule has 3 rings (SSSR count). The summed E-state index contributed by atoms with van der Waals surface area (Å²) in [4.78, 5) is 25.9. The van der Waals surface area contributed by atoms with Crippen LogP contribution in [-0.2, 0) is 17.6 Å². The Bertz CT molecular complexity index is 716. The highest BCUT2D eigenvalue weighted by Crippen LogP contribution is 2.40. The van der Waals surface area contributed by atoms with Crippen molar-refractivity contribution in [3.8, 4) is 0 Å². The Balaban J connectivity index is 1.81. The fraction of sp³-hybridized carbons (Fsp3) is 0.588. The van der Waals surface area contributed by atoms with Gasteiger partial charge in [0.1, 0.15) is 16.2 Å². The van der Waals surface area contributed by atoms with Crippen LogP contribution in [0.3, 0.4) is 0 Å². The molecule has 124 valence electrons. The number of carbonyl (C=O) groups excluding carboxylic acids is 1. The molecule has 0 saturated carbocycles. The van der Waals surface area contributed by atoms with Gasteiger partial charge in [-0.05, 0) is 52.5 Å². The number of aromatic nitrogens is 2. The summed E-state index contributed by atoms with van der Waals surface area (Å²) in [6, 6.07) is 0.442. The number of aryl methyl sites for hydroxylation is 2. The van der Waals surface area contributed by atoms with Crippen LogP contribution in [0.5, 0.6) is 0 Å². The molecule has 0 aliphatic heterocycles. The lowest BCUT2D eigenvalue weighted by Crippen LogP contribution is -2.43. The largest absolute Gasteiger partial charge is 0.337 e. The van der Waals surface area contributed by atoms with Crippen LogP contribution in [0.2, 0.25) is 0 Å². The molecule has 0 spiro atoms. The summed E-state index contributed by atoms with van der Waals surface area (Å²) in [5.41, 5.74) is 1.42. The fourth-order valence-electron chi connectivity index (χ4n) is 3.39. The van der Waals surface area contributed by atoms with Gasteiger partial charge >= 0.3 is 0 Å². The number of hydrogen-bond donors (Lipinski definition) is 0. The molecule has 0 unspecified atom stereocenters. The molecule has 0 fully saturated rings. The highest BCUT2D eigenvalue weighted by molar-refractivity contribution is 8.00. The second-order valence-corrected chi connectivity index (χ2v) is 8.54. The van der Waals surface area contributed by atoms with Crippen LogP contribution >= 0.6 is 23.1 Å². The Morgan fingerprint density at radius 2 is 2.00 bits per heavy atom. The summed E-state index contributed by atoms with van der Waals surface area (Å²) >= 11 is 3.35. The lowest BCUT2D eigenvalue weighted by Gasteiger charge is -2.30. The molecule has 6 heteroatoms. The maximum absolute atomic E-state index is 12.6. The molecule has 1 aliphatic carbocycles. The van der Waals surface area contributed by atoms with Crippen LogP contribution in [0.15, 0.2) is 11.4 Å². The zero-order valence-corrected chi connectivity index (χ0v) is 15.8. The molecule has 0 radical (unpaired) electrons. The minimum Gasteiger partial charge on any atom is -0.337 e. The molecule has 2 aromatic heterocycles. The predicted molar refractivity (Wildman–Crippen MR) is 97.3 cm³/mol. The fourth-order valence-corrected chi connectivity index (χ4v) is 5.57. The van der Waals surface area contributed by atoms with E-state index in [2.05, 4.69) is 37.7 Å². The standard InChI is InChI=1S/C17H23N3OS2/c1-10(2)20(11(3)4)14(21)8-22-16-15-12-6-5-7-13(12)23-17(15)19-9-18-16/h9-11H,5-8H2,1-4H3. The number of carbonyl (C=O) groups is 1. The van der Waals surface area contributed by atoms with Gasteiger partial charge in [0.15, 0.2) is 0 Å². The van der Waals surface area contributed by atoms with E-state index in [1.165, 1.54) is 22.2 Å². The van der Waals surface area contributed by atoms with Gasteiger partial charge in [0.25, 0.3) is 0 Å². The zero-order chi connectivity index (χ0) is 16.6. The maximum atomic E-state index is 12.6. The van der Waals surface area contributed by atoms with Crippen LogP contribution in [0.25, 0.3) is 10.2 Å². The smallest absolute Gasteiger partial charge is 0.233 e. The van der Waals surface area contributed by atoms with Crippen molar-refractivity contribution >= 4 is 39.2 Å². The summed E-state index contributed by atoms with van der Waals surface area (Å²) in [5, 5.41) is 2.17. The number of nitrogens with zero attached hydrogens (tertiary/aromatic N) is 3. The third kappa shape index (κ3) is 3.24. The van der Waals surface area contributed by atoms with Crippen LogP contribution < -0.4 is 0 Å². The Kier molecular flexibility index (Phi) is 4.92. The van der Waals surface area contributed by atoms with E-state index in [1.54, 1.807) is 29.4 Å². The third-order valence-electron chi connectivity index (χ3n) is 4.20. The first kappa shape index (κ1) is 16.7. The highest BCUT2D eigenvalue weighted by Gasteiger charge is 2.23. The predicted octanol–water partition coefficient (Wildman–Crippen LogP) is 3.92. The molecule has 0 aromatic carbocycles. The van der Waals surface area contributed by atoms with Crippen molar-refractivity contribution < 1.29 is 4.79 Å². The second-order valence-electron chi connectivity index (χ2n) is 6.49. The quantitative estimate of drug-likeness (QED) is 0.606. The van der Waals surface area contributed by atoms with Gasteiger partial charge in [-0.25, -0.2) is 9.97 Å². The Hall–Kier alpha value is -1.14. The molecule has 4 nitrogen and oxygen atoms in total. The van der Waals surface area contributed by atoms with E-state index in [-0.39, 0.29) is 18.0 Å². The number of hydrogen-bond acceptors (Lipinski definition) is 5. The monoisotopic (exact) mass is 349 g/mol. The van der Waals surface area contributed by atoms with E-state index in [4.69, 9.17) is 0 Å². The number of thioether (sulfide) groups is 1. The zero-order valence-electron chi connectivity index (χ0n) is 14.1. The summed E-state index contributed by atoms with van der Waals surface area (Å²) in [6.07, 6.45) is 5.13. The van der Waals surface area contributed by atoms with Crippen molar-refractivity contribution in [2.75, 3.05) is 5.75 Å². The molecule has 0 saturated heterocycles. The Morgan fingerprint density at radius 1 is 1.26 bits per heavy atom. The van der Waals surface area contributed by atoms with Crippen molar-refractivity contribution in [2.45, 2.75) is 64.1 Å². The van der Waals surface area contributed by atoms with Crippen molar-refractivity contribution in [1.29, 1.82) is 0 Å². The number of fused-ring (bicyclic) bond motifs is 3. The average Bonchev–Trinajstić information content (AvgIpc) is 3.04. The SMILES string of the molecule is CC(C)N(C(=O)CSc1ncnc2sc3c(c12)CCC3)C(C)C. The first-order valence-electron chi connectivity index (χ1n) is 8.18. The molecule has 1 aliphatic rings. The molecular formula is C17H23N3OS2. The molecule has 0 N–H and O–H groups in total. The van der Waals surface area contributed by atoms with Gasteiger partial charge in [-0.15, -0.1) is 11.3 Å². The van der Waals surface area contributed by atoms with E-state index in [0.717, 1.165) is 22.7 Å². The normalized spacial score (nSPS) is 14.0. The van der Waals surface area contributed by atoms with E-state index >= 15 is 0 Å². The van der Waals surface area contributed by atoms with E-state index in [9.17, 15) is 4.79 Å². The lowest BCUT2D eigenvalue weighted by molar-refractivity contribution is -0.131. The first-order valence-corrected chi connectivity index (χ1v) is 9.98. The van der Waals surface area contributed by atoms with Crippen LogP contribution in [-0.4, -0.2) is 38.6 Å². The Morgan fingerprint density at radius 3 is 2.70 bits per heavy atom. The van der Waals surface area contributed by atoms with Crippen LogP contribution in [0.1, 0.15) is 44.6 Å². The van der Waals surface area contributed by atoms with E-state index in [0.29, 0.717) is 5.75 Å². The van der Waals surface area contributed by atoms with Crippen molar-refractivity contribution in [2.24, 2.45) is 0 Å². The number of thiophene rings is 1. The van der Waals surface area contributed by atoms with Gasteiger partial charge in [-0.2, -0.15) is 0 Å². The molecule has 1 amide bonds. The summed E-state index contributed by atoms with van der Waals surface area (Å²) < 4.78 is 0. The van der Waals surface area contributed by atoms with E-state index < -0.39 is 0 Å². The molecule has 0 atom stereocenters. The second kappa shape index (κ2) is 6.77. The van der Waals surface area contributed by atoms with Gasteiger partial charge < -0.3 is 4.90 Å². The number of amides is 1. The van der Waals surface area contributed by atoms with Crippen LogP contribution in [0, 0.1) is 0 Å². The van der Waals surface area contributed by atoms with Crippen molar-refractivity contribution in [3.63, 3.8) is 0 Å². The first-order chi connectivity index (χ1) is 11.0. The van der Waals surface area contributed by atoms with Crippen molar-refractivity contribution in [1.82, 2.24) is 14.9 Å². The minimum atomic E-state index is 0.179. The van der Waals surface area contributed by atoms with Gasteiger partial charge in [0.2, 0.25) is 5.91 Å². The third-order valence-corrected chi connectivity index (χ3v) is 6.37. The van der Waals surface area contributed by atoms with Gasteiger partial charge in [-0.3, -0.25) is 4.79 Å².